The summed E-state index contributed by atoms with van der Waals surface area (Å²) in [7, 11) is 0. The zero-order chi connectivity index (χ0) is 15.5. The van der Waals surface area contributed by atoms with Crippen molar-refractivity contribution >= 4 is 16.5 Å². The molecule has 0 bridgehead atoms. The molecule has 0 aliphatic rings. The van der Waals surface area contributed by atoms with Crippen molar-refractivity contribution in [2.75, 3.05) is 5.73 Å². The lowest BCUT2D eigenvalue weighted by molar-refractivity contribution is 0.577. The number of nitrogen functional groups attached to an aromatic ring is 1. The molecule has 2 heteroatoms. The number of anilines is 1. The molecule has 0 radical (unpaired) electrons. The Morgan fingerprint density at radius 3 is 2.64 bits per heavy atom. The van der Waals surface area contributed by atoms with Crippen LogP contribution in [0.15, 0.2) is 60.7 Å². The van der Waals surface area contributed by atoms with Crippen molar-refractivity contribution in [2.24, 2.45) is 0 Å². The molecule has 0 saturated heterocycles. The molecule has 1 atom stereocenters. The molecule has 22 heavy (non-hydrogen) atoms. The minimum atomic E-state index is 0.284. The molecule has 0 fully saturated rings. The number of benzene rings is 3. The minimum absolute atomic E-state index is 0.284. The SMILES string of the molecule is Cc1ccc(N)cc1CNC(C)c1cccc2ccccc12. The highest BCUT2D eigenvalue weighted by molar-refractivity contribution is 5.86. The summed E-state index contributed by atoms with van der Waals surface area (Å²) in [5.74, 6) is 0. The minimum Gasteiger partial charge on any atom is -0.399 e. The molecule has 2 nitrogen and oxygen atoms in total. The third-order valence-corrected chi connectivity index (χ3v) is 4.26. The van der Waals surface area contributed by atoms with E-state index in [0.717, 1.165) is 12.2 Å². The Labute approximate surface area is 132 Å². The fraction of sp³-hybridized carbons (Fsp3) is 0.200. The van der Waals surface area contributed by atoms with Crippen molar-refractivity contribution in [1.82, 2.24) is 5.32 Å². The van der Waals surface area contributed by atoms with E-state index in [1.807, 2.05) is 6.07 Å². The molecule has 3 N–H and O–H groups in total. The van der Waals surface area contributed by atoms with Crippen LogP contribution in [0.4, 0.5) is 5.69 Å². The van der Waals surface area contributed by atoms with Gasteiger partial charge in [0.15, 0.2) is 0 Å². The number of fused-ring (bicyclic) bond motifs is 1. The predicted octanol–water partition coefficient (Wildman–Crippen LogP) is 4.58. The molecule has 3 aromatic carbocycles. The quantitative estimate of drug-likeness (QED) is 0.690. The molecule has 0 saturated carbocycles. The largest absolute Gasteiger partial charge is 0.399 e. The second-order valence-electron chi connectivity index (χ2n) is 5.86. The normalized spacial score (nSPS) is 12.5. The summed E-state index contributed by atoms with van der Waals surface area (Å²) < 4.78 is 0. The summed E-state index contributed by atoms with van der Waals surface area (Å²) in [6.45, 7) is 5.16. The standard InChI is InChI=1S/C20H22N2/c1-14-10-11-18(21)12-17(14)13-22-15(2)19-9-5-7-16-6-3-4-8-20(16)19/h3-12,15,22H,13,21H2,1-2H3. The van der Waals surface area contributed by atoms with Gasteiger partial charge in [0.1, 0.15) is 0 Å². The van der Waals surface area contributed by atoms with Crippen LogP contribution in [-0.4, -0.2) is 0 Å². The summed E-state index contributed by atoms with van der Waals surface area (Å²) in [5.41, 5.74) is 10.6. The maximum Gasteiger partial charge on any atom is 0.0317 e. The number of nitrogens with two attached hydrogens (primary N) is 1. The maximum atomic E-state index is 5.89. The van der Waals surface area contributed by atoms with Crippen LogP contribution < -0.4 is 11.1 Å². The average Bonchev–Trinajstić information content (AvgIpc) is 2.55. The van der Waals surface area contributed by atoms with Gasteiger partial charge in [-0.1, -0.05) is 48.5 Å². The summed E-state index contributed by atoms with van der Waals surface area (Å²) in [6.07, 6.45) is 0. The number of hydrogen-bond donors (Lipinski definition) is 2. The molecule has 0 aromatic heterocycles. The van der Waals surface area contributed by atoms with Gasteiger partial charge in [-0.05, 0) is 53.4 Å². The zero-order valence-electron chi connectivity index (χ0n) is 13.1. The van der Waals surface area contributed by atoms with Gasteiger partial charge in [0.25, 0.3) is 0 Å². The Kier molecular flexibility index (Phi) is 4.12. The van der Waals surface area contributed by atoms with Gasteiger partial charge in [0.2, 0.25) is 0 Å². The topological polar surface area (TPSA) is 38.0 Å². The Morgan fingerprint density at radius 1 is 1.00 bits per heavy atom. The molecule has 0 aliphatic carbocycles. The van der Waals surface area contributed by atoms with Gasteiger partial charge in [0.05, 0.1) is 0 Å². The monoisotopic (exact) mass is 290 g/mol. The molecule has 3 rings (SSSR count). The van der Waals surface area contributed by atoms with Gasteiger partial charge in [-0.15, -0.1) is 0 Å². The summed E-state index contributed by atoms with van der Waals surface area (Å²) >= 11 is 0. The number of hydrogen-bond acceptors (Lipinski definition) is 2. The van der Waals surface area contributed by atoms with Crippen LogP contribution in [0.1, 0.15) is 29.7 Å². The van der Waals surface area contributed by atoms with Crippen molar-refractivity contribution in [3.63, 3.8) is 0 Å². The van der Waals surface area contributed by atoms with E-state index in [9.17, 15) is 0 Å². The van der Waals surface area contributed by atoms with Crippen molar-refractivity contribution in [3.05, 3.63) is 77.4 Å². The molecular weight excluding hydrogens is 268 g/mol. The van der Waals surface area contributed by atoms with E-state index < -0.39 is 0 Å². The van der Waals surface area contributed by atoms with Crippen molar-refractivity contribution in [1.29, 1.82) is 0 Å². The van der Waals surface area contributed by atoms with Crippen molar-refractivity contribution in [2.45, 2.75) is 26.4 Å². The first-order valence-corrected chi connectivity index (χ1v) is 7.71. The van der Waals surface area contributed by atoms with E-state index in [2.05, 4.69) is 73.8 Å². The highest BCUT2D eigenvalue weighted by atomic mass is 14.9. The lowest BCUT2D eigenvalue weighted by Gasteiger charge is -2.17. The van der Waals surface area contributed by atoms with Gasteiger partial charge in [-0.25, -0.2) is 0 Å². The van der Waals surface area contributed by atoms with E-state index in [0.29, 0.717) is 0 Å². The van der Waals surface area contributed by atoms with Gasteiger partial charge in [0, 0.05) is 18.3 Å². The van der Waals surface area contributed by atoms with Gasteiger partial charge in [-0.3, -0.25) is 0 Å². The number of nitrogens with one attached hydrogen (secondary N) is 1. The van der Waals surface area contributed by atoms with Crippen LogP contribution in [0.2, 0.25) is 0 Å². The van der Waals surface area contributed by atoms with Crippen LogP contribution >= 0.6 is 0 Å². The maximum absolute atomic E-state index is 5.89. The van der Waals surface area contributed by atoms with Gasteiger partial charge >= 0.3 is 0 Å². The van der Waals surface area contributed by atoms with Crippen LogP contribution in [0.3, 0.4) is 0 Å². The summed E-state index contributed by atoms with van der Waals surface area (Å²) in [4.78, 5) is 0. The molecule has 112 valence electrons. The molecule has 3 aromatic rings. The van der Waals surface area contributed by atoms with E-state index in [4.69, 9.17) is 5.73 Å². The van der Waals surface area contributed by atoms with Crippen molar-refractivity contribution < 1.29 is 0 Å². The predicted molar refractivity (Wildman–Crippen MR) is 94.8 cm³/mol. The van der Waals surface area contributed by atoms with E-state index in [-0.39, 0.29) is 6.04 Å². The Balaban J connectivity index is 1.82. The van der Waals surface area contributed by atoms with Crippen molar-refractivity contribution in [3.8, 4) is 0 Å². The second kappa shape index (κ2) is 6.20. The first-order chi connectivity index (χ1) is 10.6. The Hall–Kier alpha value is -2.32. The number of aryl methyl sites for hydroxylation is 1. The summed E-state index contributed by atoms with van der Waals surface area (Å²) in [5, 5.41) is 6.22. The molecule has 1 unspecified atom stereocenters. The first-order valence-electron chi connectivity index (χ1n) is 7.71. The molecular formula is C20H22N2. The molecule has 0 heterocycles. The summed E-state index contributed by atoms with van der Waals surface area (Å²) in [6, 6.07) is 21.4. The molecule has 0 spiro atoms. The zero-order valence-corrected chi connectivity index (χ0v) is 13.1. The van der Waals surface area contributed by atoms with Crippen LogP contribution in [0, 0.1) is 6.92 Å². The van der Waals surface area contributed by atoms with E-state index in [1.165, 1.54) is 27.5 Å². The molecule has 0 amide bonds. The lowest BCUT2D eigenvalue weighted by atomic mass is 9.99. The first kappa shape index (κ1) is 14.6. The van der Waals surface area contributed by atoms with Gasteiger partial charge < -0.3 is 11.1 Å². The fourth-order valence-electron chi connectivity index (χ4n) is 2.88. The van der Waals surface area contributed by atoms with Crippen LogP contribution in [-0.2, 0) is 6.54 Å². The average molecular weight is 290 g/mol. The smallest absolute Gasteiger partial charge is 0.0317 e. The van der Waals surface area contributed by atoms with E-state index >= 15 is 0 Å². The third kappa shape index (κ3) is 2.97. The van der Waals surface area contributed by atoms with E-state index in [1.54, 1.807) is 0 Å². The Morgan fingerprint density at radius 2 is 1.77 bits per heavy atom. The molecule has 0 aliphatic heterocycles. The Bertz CT molecular complexity index is 787. The van der Waals surface area contributed by atoms with Crippen LogP contribution in [0.25, 0.3) is 10.8 Å². The lowest BCUT2D eigenvalue weighted by Crippen LogP contribution is -2.19. The highest BCUT2D eigenvalue weighted by Gasteiger charge is 2.09. The fourth-order valence-corrected chi connectivity index (χ4v) is 2.88. The third-order valence-electron chi connectivity index (χ3n) is 4.26. The number of rotatable bonds is 4. The highest BCUT2D eigenvalue weighted by Crippen LogP contribution is 2.24. The van der Waals surface area contributed by atoms with Crippen LogP contribution in [0.5, 0.6) is 0 Å². The van der Waals surface area contributed by atoms with Gasteiger partial charge in [-0.2, -0.15) is 0 Å². The second-order valence-corrected chi connectivity index (χ2v) is 5.86.